The maximum atomic E-state index is 13.6. The number of H-pyrrole nitrogens is 1. The average Bonchev–Trinajstić information content (AvgIpc) is 2.73. The number of aromatic nitrogens is 3. The summed E-state index contributed by atoms with van der Waals surface area (Å²) in [6.07, 6.45) is 0. The van der Waals surface area contributed by atoms with E-state index in [2.05, 4.69) is 9.97 Å². The minimum Gasteiger partial charge on any atom is -0.335 e. The highest BCUT2D eigenvalue weighted by Gasteiger charge is 2.24. The van der Waals surface area contributed by atoms with Gasteiger partial charge in [-0.3, -0.25) is 19.1 Å². The number of nitrogens with one attached hydrogen (secondary N) is 1. The lowest BCUT2D eigenvalue weighted by atomic mass is 10.0. The lowest BCUT2D eigenvalue weighted by Crippen LogP contribution is -2.35. The van der Waals surface area contributed by atoms with E-state index in [1.54, 1.807) is 23.1 Å². The molecule has 1 N–H and O–H groups in total. The van der Waals surface area contributed by atoms with Crippen molar-refractivity contribution >= 4 is 16.9 Å². The van der Waals surface area contributed by atoms with Crippen molar-refractivity contribution in [1.29, 1.82) is 0 Å². The van der Waals surface area contributed by atoms with Gasteiger partial charge in [-0.15, -0.1) is 0 Å². The molecule has 7 nitrogen and oxygen atoms in total. The van der Waals surface area contributed by atoms with Crippen LogP contribution in [-0.2, 0) is 13.1 Å². The number of rotatable bonds is 7. The Balaban J connectivity index is 2.22. The number of fused-ring (bicyclic) bond motifs is 1. The molecule has 1 amide bonds. The van der Waals surface area contributed by atoms with E-state index in [1.165, 1.54) is 16.7 Å². The van der Waals surface area contributed by atoms with Gasteiger partial charge in [0, 0.05) is 25.3 Å². The summed E-state index contributed by atoms with van der Waals surface area (Å²) in [6, 6.07) is 7.70. The van der Waals surface area contributed by atoms with Crippen LogP contribution >= 0.6 is 0 Å². The zero-order valence-electron chi connectivity index (χ0n) is 19.1. The van der Waals surface area contributed by atoms with Gasteiger partial charge in [-0.2, -0.15) is 0 Å². The van der Waals surface area contributed by atoms with Gasteiger partial charge < -0.3 is 4.90 Å². The monoisotopic (exact) mass is 440 g/mol. The van der Waals surface area contributed by atoms with Gasteiger partial charge >= 0.3 is 5.69 Å². The van der Waals surface area contributed by atoms with Crippen molar-refractivity contribution in [1.82, 2.24) is 19.4 Å². The Bertz CT molecular complexity index is 1260. The van der Waals surface area contributed by atoms with Crippen molar-refractivity contribution in [2.45, 2.75) is 53.6 Å². The number of nitrogens with zero attached hydrogens (tertiary/aromatic N) is 3. The Hall–Kier alpha value is -3.29. The van der Waals surface area contributed by atoms with Crippen LogP contribution in [0.2, 0.25) is 0 Å². The van der Waals surface area contributed by atoms with Crippen LogP contribution in [0.3, 0.4) is 0 Å². The van der Waals surface area contributed by atoms with Crippen LogP contribution in [0, 0.1) is 11.7 Å². The quantitative estimate of drug-likeness (QED) is 0.607. The molecule has 0 radical (unpaired) electrons. The van der Waals surface area contributed by atoms with Gasteiger partial charge in [0.25, 0.3) is 11.5 Å². The normalized spacial score (nSPS) is 11.5. The summed E-state index contributed by atoms with van der Waals surface area (Å²) in [6.45, 7) is 10.5. The van der Waals surface area contributed by atoms with Crippen LogP contribution in [-0.4, -0.2) is 31.9 Å². The number of benzene rings is 1. The number of aromatic amines is 1. The zero-order chi connectivity index (χ0) is 23.6. The summed E-state index contributed by atoms with van der Waals surface area (Å²) >= 11 is 0. The van der Waals surface area contributed by atoms with Crippen LogP contribution in [0.1, 0.15) is 62.2 Å². The molecule has 1 aromatic carbocycles. The highest BCUT2D eigenvalue weighted by Crippen LogP contribution is 2.22. The van der Waals surface area contributed by atoms with E-state index in [-0.39, 0.29) is 46.7 Å². The first-order valence-corrected chi connectivity index (χ1v) is 10.8. The van der Waals surface area contributed by atoms with E-state index in [9.17, 15) is 18.8 Å². The molecule has 0 saturated carbocycles. The topological polar surface area (TPSA) is 88.1 Å². The summed E-state index contributed by atoms with van der Waals surface area (Å²) in [5.74, 6) is -0.639. The van der Waals surface area contributed by atoms with E-state index < -0.39 is 11.2 Å². The van der Waals surface area contributed by atoms with Crippen molar-refractivity contribution in [3.05, 3.63) is 73.8 Å². The van der Waals surface area contributed by atoms with Gasteiger partial charge in [0.1, 0.15) is 5.82 Å². The van der Waals surface area contributed by atoms with Crippen LogP contribution < -0.4 is 11.2 Å². The molecule has 0 aliphatic heterocycles. The summed E-state index contributed by atoms with van der Waals surface area (Å²) < 4.78 is 15.1. The van der Waals surface area contributed by atoms with Gasteiger partial charge in [-0.05, 0) is 42.5 Å². The van der Waals surface area contributed by atoms with Crippen molar-refractivity contribution in [2.24, 2.45) is 5.92 Å². The molecule has 0 bridgehead atoms. The second-order valence-electron chi connectivity index (χ2n) is 8.66. The number of carbonyl (C=O) groups is 1. The first-order valence-electron chi connectivity index (χ1n) is 10.8. The predicted octanol–water partition coefficient (Wildman–Crippen LogP) is 3.67. The van der Waals surface area contributed by atoms with Crippen LogP contribution in [0.25, 0.3) is 11.0 Å². The number of carbonyl (C=O) groups excluding carboxylic acids is 1. The Morgan fingerprint density at radius 3 is 2.50 bits per heavy atom. The molecule has 170 valence electrons. The lowest BCUT2D eigenvalue weighted by molar-refractivity contribution is 0.0754. The van der Waals surface area contributed by atoms with Gasteiger partial charge in [0.2, 0.25) is 0 Å². The Morgan fingerprint density at radius 2 is 1.91 bits per heavy atom. The highest BCUT2D eigenvalue weighted by molar-refractivity contribution is 6.05. The molecular weight excluding hydrogens is 411 g/mol. The molecule has 0 aliphatic carbocycles. The van der Waals surface area contributed by atoms with Crippen molar-refractivity contribution in [2.75, 3.05) is 6.54 Å². The summed E-state index contributed by atoms with van der Waals surface area (Å²) in [4.78, 5) is 47.4. The molecular formula is C24H29FN4O3. The van der Waals surface area contributed by atoms with E-state index in [0.717, 1.165) is 0 Å². The molecule has 0 aliphatic rings. The molecule has 0 spiro atoms. The first-order chi connectivity index (χ1) is 15.1. The Labute approximate surface area is 185 Å². The van der Waals surface area contributed by atoms with Crippen molar-refractivity contribution in [3.63, 3.8) is 0 Å². The molecule has 3 rings (SSSR count). The van der Waals surface area contributed by atoms with E-state index in [0.29, 0.717) is 24.3 Å². The van der Waals surface area contributed by atoms with Crippen LogP contribution in [0.15, 0.2) is 39.9 Å². The minimum absolute atomic E-state index is 0.0221. The molecule has 0 atom stereocenters. The molecule has 0 fully saturated rings. The molecule has 8 heteroatoms. The first kappa shape index (κ1) is 23.4. The number of amides is 1. The fourth-order valence-electron chi connectivity index (χ4n) is 3.65. The van der Waals surface area contributed by atoms with Gasteiger partial charge in [0.15, 0.2) is 5.65 Å². The smallest absolute Gasteiger partial charge is 0.330 e. The van der Waals surface area contributed by atoms with Gasteiger partial charge in [-0.1, -0.05) is 39.8 Å². The summed E-state index contributed by atoms with van der Waals surface area (Å²) in [5.41, 5.74) is 0.478. The Kier molecular flexibility index (Phi) is 6.91. The highest BCUT2D eigenvalue weighted by atomic mass is 19.1. The summed E-state index contributed by atoms with van der Waals surface area (Å²) in [7, 11) is 0. The third kappa shape index (κ3) is 4.79. The van der Waals surface area contributed by atoms with Crippen LogP contribution in [0.4, 0.5) is 4.39 Å². The van der Waals surface area contributed by atoms with Gasteiger partial charge in [0.05, 0.1) is 10.9 Å². The molecule has 2 aromatic heterocycles. The SMILES string of the molecule is CCN(Cc1cccc(F)c1)C(=O)c1cc(C(C)C)nc2c1c(=O)[nH]c(=O)n2CC(C)C. The standard InChI is InChI=1S/C24H29FN4O3/c1-6-28(13-16-8-7-9-17(25)10-16)23(31)18-11-19(15(4)5)26-21-20(18)22(30)27-24(32)29(21)12-14(2)3/h7-11,14-15H,6,12-13H2,1-5H3,(H,27,30,32). The number of halogens is 1. The number of pyridine rings is 1. The predicted molar refractivity (Wildman–Crippen MR) is 122 cm³/mol. The van der Waals surface area contributed by atoms with Crippen molar-refractivity contribution in [3.8, 4) is 0 Å². The summed E-state index contributed by atoms with van der Waals surface area (Å²) in [5, 5.41) is 0.0948. The zero-order valence-corrected chi connectivity index (χ0v) is 19.1. The van der Waals surface area contributed by atoms with E-state index in [1.807, 2.05) is 34.6 Å². The van der Waals surface area contributed by atoms with Gasteiger partial charge in [-0.25, -0.2) is 14.2 Å². The largest absolute Gasteiger partial charge is 0.335 e. The fourth-order valence-corrected chi connectivity index (χ4v) is 3.65. The van der Waals surface area contributed by atoms with Crippen LogP contribution in [0.5, 0.6) is 0 Å². The average molecular weight is 441 g/mol. The van der Waals surface area contributed by atoms with Crippen molar-refractivity contribution < 1.29 is 9.18 Å². The lowest BCUT2D eigenvalue weighted by Gasteiger charge is -2.23. The molecule has 32 heavy (non-hydrogen) atoms. The second kappa shape index (κ2) is 9.46. The maximum absolute atomic E-state index is 13.6. The number of hydrogen-bond donors (Lipinski definition) is 1. The van der Waals surface area contributed by atoms with E-state index >= 15 is 0 Å². The third-order valence-electron chi connectivity index (χ3n) is 5.27. The second-order valence-corrected chi connectivity index (χ2v) is 8.66. The maximum Gasteiger partial charge on any atom is 0.330 e. The molecule has 3 aromatic rings. The molecule has 0 unspecified atom stereocenters. The fraction of sp³-hybridized carbons (Fsp3) is 0.417. The molecule has 0 saturated heterocycles. The minimum atomic E-state index is -0.641. The Morgan fingerprint density at radius 1 is 1.19 bits per heavy atom. The number of hydrogen-bond acceptors (Lipinski definition) is 4. The molecule has 2 heterocycles. The third-order valence-corrected chi connectivity index (χ3v) is 5.27. The van der Waals surface area contributed by atoms with E-state index in [4.69, 9.17) is 0 Å².